The minimum Gasteiger partial charge on any atom is -0.339 e. The van der Waals surface area contributed by atoms with Gasteiger partial charge in [0.2, 0.25) is 0 Å². The number of anilines is 1. The summed E-state index contributed by atoms with van der Waals surface area (Å²) in [6.07, 6.45) is 4.77. The van der Waals surface area contributed by atoms with E-state index in [0.717, 1.165) is 54.0 Å². The monoisotopic (exact) mass is 419 g/mol. The molecule has 6 heteroatoms. The van der Waals surface area contributed by atoms with Crippen molar-refractivity contribution in [3.63, 3.8) is 0 Å². The van der Waals surface area contributed by atoms with E-state index in [9.17, 15) is 9.59 Å². The summed E-state index contributed by atoms with van der Waals surface area (Å²) in [6, 6.07) is 13.6. The van der Waals surface area contributed by atoms with Gasteiger partial charge in [-0.05, 0) is 56.4 Å². The number of aryl methyl sites for hydroxylation is 1. The van der Waals surface area contributed by atoms with Gasteiger partial charge < -0.3 is 10.2 Å². The smallest absolute Gasteiger partial charge is 0.257 e. The number of nitrogens with one attached hydrogen (secondary N) is 1. The first-order valence-corrected chi connectivity index (χ1v) is 11.1. The van der Waals surface area contributed by atoms with Crippen LogP contribution >= 0.6 is 11.3 Å². The van der Waals surface area contributed by atoms with E-state index >= 15 is 0 Å². The van der Waals surface area contributed by atoms with E-state index in [4.69, 9.17) is 0 Å². The number of rotatable bonds is 4. The van der Waals surface area contributed by atoms with Gasteiger partial charge in [0.05, 0.1) is 11.1 Å². The highest BCUT2D eigenvalue weighted by Gasteiger charge is 2.28. The molecule has 1 aromatic carbocycles. The van der Waals surface area contributed by atoms with Crippen molar-refractivity contribution in [3.8, 4) is 10.4 Å². The molecule has 5 nitrogen and oxygen atoms in total. The van der Waals surface area contributed by atoms with E-state index in [2.05, 4.69) is 10.3 Å². The van der Waals surface area contributed by atoms with Crippen LogP contribution in [0.15, 0.2) is 48.7 Å². The van der Waals surface area contributed by atoms with Crippen molar-refractivity contribution in [2.75, 3.05) is 18.4 Å². The van der Waals surface area contributed by atoms with Crippen LogP contribution in [0, 0.1) is 13.8 Å². The van der Waals surface area contributed by atoms with Crippen LogP contribution in [-0.4, -0.2) is 34.8 Å². The fourth-order valence-corrected chi connectivity index (χ4v) is 4.96. The Labute approximate surface area is 180 Å². The molecule has 0 bridgehead atoms. The van der Waals surface area contributed by atoms with Crippen LogP contribution in [-0.2, 0) is 0 Å². The molecular formula is C24H25N3O2S. The number of benzene rings is 1. The summed E-state index contributed by atoms with van der Waals surface area (Å²) in [5, 5.41) is 3.59. The van der Waals surface area contributed by atoms with Crippen LogP contribution in [0.4, 0.5) is 5.00 Å². The van der Waals surface area contributed by atoms with E-state index in [-0.39, 0.29) is 11.8 Å². The molecule has 0 atom stereocenters. The Balaban J connectivity index is 1.72. The molecule has 1 aliphatic rings. The summed E-state index contributed by atoms with van der Waals surface area (Å²) in [7, 11) is 0. The first-order chi connectivity index (χ1) is 14.5. The van der Waals surface area contributed by atoms with E-state index in [1.165, 1.54) is 11.3 Å². The third kappa shape index (κ3) is 4.14. The summed E-state index contributed by atoms with van der Waals surface area (Å²) >= 11 is 1.46. The maximum atomic E-state index is 13.4. The maximum absolute atomic E-state index is 13.4. The highest BCUT2D eigenvalue weighted by Crippen LogP contribution is 2.41. The van der Waals surface area contributed by atoms with Crippen molar-refractivity contribution >= 4 is 28.2 Å². The number of pyridine rings is 1. The molecular weight excluding hydrogens is 394 g/mol. The average Bonchev–Trinajstić information content (AvgIpc) is 3.10. The van der Waals surface area contributed by atoms with E-state index in [0.29, 0.717) is 16.1 Å². The lowest BCUT2D eigenvalue weighted by molar-refractivity contribution is 0.0725. The predicted molar refractivity (Wildman–Crippen MR) is 121 cm³/mol. The van der Waals surface area contributed by atoms with Crippen molar-refractivity contribution in [2.24, 2.45) is 0 Å². The molecule has 2 aromatic heterocycles. The fourth-order valence-electron chi connectivity index (χ4n) is 3.76. The molecule has 0 saturated carbocycles. The minimum absolute atomic E-state index is 0.00274. The molecule has 0 aliphatic carbocycles. The van der Waals surface area contributed by atoms with Crippen molar-refractivity contribution in [1.82, 2.24) is 9.88 Å². The molecule has 1 aliphatic heterocycles. The van der Waals surface area contributed by atoms with Crippen LogP contribution in [0.25, 0.3) is 10.4 Å². The van der Waals surface area contributed by atoms with Gasteiger partial charge in [-0.1, -0.05) is 30.3 Å². The Kier molecular flexibility index (Phi) is 5.95. The van der Waals surface area contributed by atoms with Gasteiger partial charge >= 0.3 is 0 Å². The first kappa shape index (κ1) is 20.3. The standard InChI is InChI=1S/C24H25N3O2S/c1-16-11-12-19(15-25-16)22(28)26-23-20(24(29)27-13-7-4-8-14-27)17(2)21(30-23)18-9-5-3-6-10-18/h3,5-6,9-12,15H,4,7-8,13-14H2,1-2H3,(H,26,28). The number of thiophene rings is 1. The third-order valence-electron chi connectivity index (χ3n) is 5.44. The van der Waals surface area contributed by atoms with Gasteiger partial charge in [0.15, 0.2) is 0 Å². The zero-order chi connectivity index (χ0) is 21.1. The average molecular weight is 420 g/mol. The van der Waals surface area contributed by atoms with Crippen molar-refractivity contribution in [2.45, 2.75) is 33.1 Å². The number of amides is 2. The van der Waals surface area contributed by atoms with Gasteiger partial charge in [-0.3, -0.25) is 14.6 Å². The van der Waals surface area contributed by atoms with Gasteiger partial charge in [0.1, 0.15) is 5.00 Å². The number of nitrogens with zero attached hydrogens (tertiary/aromatic N) is 2. The Bertz CT molecular complexity index is 1050. The van der Waals surface area contributed by atoms with Crippen LogP contribution < -0.4 is 5.32 Å². The Morgan fingerprint density at radius 2 is 1.73 bits per heavy atom. The number of likely N-dealkylation sites (tertiary alicyclic amines) is 1. The number of carbonyl (C=O) groups excluding carboxylic acids is 2. The molecule has 0 spiro atoms. The quantitative estimate of drug-likeness (QED) is 0.624. The maximum Gasteiger partial charge on any atom is 0.257 e. The van der Waals surface area contributed by atoms with Gasteiger partial charge in [0, 0.05) is 29.9 Å². The van der Waals surface area contributed by atoms with Crippen molar-refractivity contribution < 1.29 is 9.59 Å². The minimum atomic E-state index is -0.254. The zero-order valence-electron chi connectivity index (χ0n) is 17.3. The topological polar surface area (TPSA) is 62.3 Å². The normalized spacial score (nSPS) is 13.9. The molecule has 1 N–H and O–H groups in total. The molecule has 3 aromatic rings. The number of piperidine rings is 1. The zero-order valence-corrected chi connectivity index (χ0v) is 18.1. The van der Waals surface area contributed by atoms with E-state index in [1.807, 2.05) is 55.1 Å². The summed E-state index contributed by atoms with van der Waals surface area (Å²) in [5.41, 5.74) is 3.90. The third-order valence-corrected chi connectivity index (χ3v) is 6.70. The summed E-state index contributed by atoms with van der Waals surface area (Å²) < 4.78 is 0. The molecule has 1 saturated heterocycles. The fraction of sp³-hybridized carbons (Fsp3) is 0.292. The summed E-state index contributed by atoms with van der Waals surface area (Å²) in [6.45, 7) is 5.39. The van der Waals surface area contributed by atoms with Gasteiger partial charge in [-0.2, -0.15) is 0 Å². The lowest BCUT2D eigenvalue weighted by Crippen LogP contribution is -2.36. The van der Waals surface area contributed by atoms with Crippen LogP contribution in [0.3, 0.4) is 0 Å². The van der Waals surface area contributed by atoms with E-state index in [1.54, 1.807) is 12.3 Å². The van der Waals surface area contributed by atoms with Crippen LogP contribution in [0.1, 0.15) is 51.2 Å². The molecule has 154 valence electrons. The largest absolute Gasteiger partial charge is 0.339 e. The summed E-state index contributed by atoms with van der Waals surface area (Å²) in [5.74, 6) is -0.251. The van der Waals surface area contributed by atoms with Gasteiger partial charge in [-0.15, -0.1) is 11.3 Å². The van der Waals surface area contributed by atoms with Crippen LogP contribution in [0.5, 0.6) is 0 Å². The number of aromatic nitrogens is 1. The first-order valence-electron chi connectivity index (χ1n) is 10.3. The molecule has 0 unspecified atom stereocenters. The number of carbonyl (C=O) groups is 2. The highest BCUT2D eigenvalue weighted by atomic mass is 32.1. The molecule has 30 heavy (non-hydrogen) atoms. The van der Waals surface area contributed by atoms with Crippen molar-refractivity contribution in [1.29, 1.82) is 0 Å². The van der Waals surface area contributed by atoms with Gasteiger partial charge in [0.25, 0.3) is 11.8 Å². The number of hydrogen-bond acceptors (Lipinski definition) is 4. The SMILES string of the molecule is Cc1ccc(C(=O)Nc2sc(-c3ccccc3)c(C)c2C(=O)N2CCCCC2)cn1. The molecule has 0 radical (unpaired) electrons. The highest BCUT2D eigenvalue weighted by molar-refractivity contribution is 7.20. The second-order valence-corrected chi connectivity index (χ2v) is 8.64. The Hall–Kier alpha value is -2.99. The Morgan fingerprint density at radius 1 is 1.00 bits per heavy atom. The van der Waals surface area contributed by atoms with Crippen LogP contribution in [0.2, 0.25) is 0 Å². The predicted octanol–water partition coefficient (Wildman–Crippen LogP) is 5.31. The molecule has 1 fully saturated rings. The lowest BCUT2D eigenvalue weighted by Gasteiger charge is -2.27. The molecule has 3 heterocycles. The molecule has 2 amide bonds. The second-order valence-electron chi connectivity index (χ2n) is 7.62. The lowest BCUT2D eigenvalue weighted by atomic mass is 10.0. The van der Waals surface area contributed by atoms with Crippen molar-refractivity contribution in [3.05, 3.63) is 71.0 Å². The second kappa shape index (κ2) is 8.79. The Morgan fingerprint density at radius 3 is 2.40 bits per heavy atom. The molecule has 4 rings (SSSR count). The number of hydrogen-bond donors (Lipinski definition) is 1. The van der Waals surface area contributed by atoms with E-state index < -0.39 is 0 Å². The van der Waals surface area contributed by atoms with Gasteiger partial charge in [-0.25, -0.2) is 0 Å². The summed E-state index contributed by atoms with van der Waals surface area (Å²) in [4.78, 5) is 33.4.